The molecular formula is C23H25ClN6O5. The molecule has 12 heteroatoms. The van der Waals surface area contributed by atoms with E-state index in [1.165, 1.54) is 18.1 Å². The molecule has 0 radical (unpaired) electrons. The van der Waals surface area contributed by atoms with E-state index in [0.29, 0.717) is 34.1 Å². The topological polar surface area (TPSA) is 153 Å². The van der Waals surface area contributed by atoms with E-state index < -0.39 is 29.3 Å². The number of fused-ring (bicyclic) bond motifs is 1. The van der Waals surface area contributed by atoms with Crippen LogP contribution in [0.4, 0.5) is 6.01 Å². The molecular weight excluding hydrogens is 476 g/mol. The van der Waals surface area contributed by atoms with Gasteiger partial charge in [-0.3, -0.25) is 19.4 Å². The zero-order chi connectivity index (χ0) is 25.3. The van der Waals surface area contributed by atoms with Crippen molar-refractivity contribution in [2.45, 2.75) is 38.4 Å². The van der Waals surface area contributed by atoms with Gasteiger partial charge in [-0.15, -0.1) is 0 Å². The van der Waals surface area contributed by atoms with Crippen molar-refractivity contribution in [3.63, 3.8) is 0 Å². The summed E-state index contributed by atoms with van der Waals surface area (Å²) in [7, 11) is 1.45. The van der Waals surface area contributed by atoms with Crippen LogP contribution < -0.4 is 21.1 Å². The number of benzene rings is 1. The third-order valence-corrected chi connectivity index (χ3v) is 5.72. The van der Waals surface area contributed by atoms with Crippen molar-refractivity contribution in [3.8, 4) is 5.75 Å². The molecule has 184 valence electrons. The largest absolute Gasteiger partial charge is 0.493 e. The van der Waals surface area contributed by atoms with Crippen LogP contribution in [0, 0.1) is 0 Å². The number of rotatable bonds is 7. The summed E-state index contributed by atoms with van der Waals surface area (Å²) in [6.07, 6.45) is 1.31. The third kappa shape index (κ3) is 5.29. The highest BCUT2D eigenvalue weighted by Crippen LogP contribution is 2.32. The summed E-state index contributed by atoms with van der Waals surface area (Å²) in [6.45, 7) is 4.09. The summed E-state index contributed by atoms with van der Waals surface area (Å²) >= 11 is 6.00. The number of primary amides is 1. The second-order valence-corrected chi connectivity index (χ2v) is 9.29. The fourth-order valence-corrected chi connectivity index (χ4v) is 4.15. The maximum absolute atomic E-state index is 13.5. The lowest BCUT2D eigenvalue weighted by Gasteiger charge is -2.43. The normalized spacial score (nSPS) is 17.2. The number of aromatic nitrogens is 2. The number of hydrogen-bond donors (Lipinski definition) is 3. The highest BCUT2D eigenvalue weighted by Gasteiger charge is 2.42. The predicted octanol–water partition coefficient (Wildman–Crippen LogP) is 2.09. The lowest BCUT2D eigenvalue weighted by Crippen LogP contribution is -2.66. The number of halogens is 1. The standard InChI is InChI=1S/C23H25ClN6O5/c1-23(2)11-30(16(9-18(25)31)20(32)29-23)21(33)12-6-15-19(17(7-12)34-3)35-22(28-15)27-10-14-8-13(24)4-5-26-14/h4-8,16H,9-11H2,1-3H3,(H2,25,31)(H,27,28)(H,29,32). The number of amides is 3. The van der Waals surface area contributed by atoms with Gasteiger partial charge >= 0.3 is 0 Å². The van der Waals surface area contributed by atoms with Crippen LogP contribution in [0.25, 0.3) is 11.1 Å². The molecule has 0 spiro atoms. The zero-order valence-electron chi connectivity index (χ0n) is 19.4. The first kappa shape index (κ1) is 24.3. The van der Waals surface area contributed by atoms with Crippen LogP contribution in [0.3, 0.4) is 0 Å². The van der Waals surface area contributed by atoms with Gasteiger partial charge in [0, 0.05) is 23.3 Å². The molecule has 1 fully saturated rings. The lowest BCUT2D eigenvalue weighted by molar-refractivity contribution is -0.134. The number of oxazole rings is 1. The van der Waals surface area contributed by atoms with Gasteiger partial charge in [0.2, 0.25) is 11.8 Å². The van der Waals surface area contributed by atoms with E-state index >= 15 is 0 Å². The predicted molar refractivity (Wildman–Crippen MR) is 128 cm³/mol. The Balaban J connectivity index is 1.64. The second-order valence-electron chi connectivity index (χ2n) is 8.86. The maximum atomic E-state index is 13.5. The molecule has 1 aliphatic rings. The minimum absolute atomic E-state index is 0.189. The quantitative estimate of drug-likeness (QED) is 0.445. The minimum Gasteiger partial charge on any atom is -0.493 e. The van der Waals surface area contributed by atoms with E-state index in [4.69, 9.17) is 26.5 Å². The van der Waals surface area contributed by atoms with E-state index in [-0.39, 0.29) is 24.5 Å². The molecule has 3 heterocycles. The van der Waals surface area contributed by atoms with Gasteiger partial charge < -0.3 is 30.4 Å². The Bertz CT molecular complexity index is 1310. The van der Waals surface area contributed by atoms with Crippen LogP contribution >= 0.6 is 11.6 Å². The van der Waals surface area contributed by atoms with Gasteiger partial charge in [-0.25, -0.2) is 0 Å². The number of nitrogens with two attached hydrogens (primary N) is 1. The van der Waals surface area contributed by atoms with Crippen LogP contribution in [0.5, 0.6) is 5.75 Å². The average Bonchev–Trinajstić information content (AvgIpc) is 3.21. The van der Waals surface area contributed by atoms with E-state index in [1.54, 1.807) is 38.2 Å². The molecule has 0 aliphatic carbocycles. The molecule has 1 aliphatic heterocycles. The van der Waals surface area contributed by atoms with E-state index in [9.17, 15) is 14.4 Å². The van der Waals surface area contributed by atoms with Crippen molar-refractivity contribution >= 4 is 46.4 Å². The highest BCUT2D eigenvalue weighted by molar-refractivity contribution is 6.30. The van der Waals surface area contributed by atoms with Crippen LogP contribution in [0.2, 0.25) is 5.02 Å². The number of nitrogens with zero attached hydrogens (tertiary/aromatic N) is 3. The summed E-state index contributed by atoms with van der Waals surface area (Å²) in [5, 5.41) is 6.41. The van der Waals surface area contributed by atoms with Crippen LogP contribution in [-0.2, 0) is 16.1 Å². The molecule has 0 bridgehead atoms. The molecule has 1 atom stereocenters. The van der Waals surface area contributed by atoms with Gasteiger partial charge in [-0.2, -0.15) is 4.98 Å². The smallest absolute Gasteiger partial charge is 0.296 e. The maximum Gasteiger partial charge on any atom is 0.296 e. The monoisotopic (exact) mass is 500 g/mol. The Kier molecular flexibility index (Phi) is 6.53. The van der Waals surface area contributed by atoms with Crippen molar-refractivity contribution in [1.29, 1.82) is 0 Å². The summed E-state index contributed by atoms with van der Waals surface area (Å²) < 4.78 is 11.2. The van der Waals surface area contributed by atoms with Gasteiger partial charge in [-0.1, -0.05) is 11.6 Å². The second kappa shape index (κ2) is 9.41. The van der Waals surface area contributed by atoms with E-state index in [1.807, 2.05) is 0 Å². The van der Waals surface area contributed by atoms with Crippen molar-refractivity contribution < 1.29 is 23.5 Å². The van der Waals surface area contributed by atoms with Gasteiger partial charge in [0.1, 0.15) is 11.6 Å². The van der Waals surface area contributed by atoms with Gasteiger partial charge in [0.05, 0.1) is 31.3 Å². The fraction of sp³-hybridized carbons (Fsp3) is 0.348. The van der Waals surface area contributed by atoms with Gasteiger partial charge in [0.15, 0.2) is 11.3 Å². The van der Waals surface area contributed by atoms with Crippen LogP contribution in [0.15, 0.2) is 34.9 Å². The Labute approximate surface area is 206 Å². The molecule has 1 saturated heterocycles. The number of carbonyl (C=O) groups excluding carboxylic acids is 3. The van der Waals surface area contributed by atoms with Crippen LogP contribution in [0.1, 0.15) is 36.3 Å². The van der Waals surface area contributed by atoms with Crippen molar-refractivity contribution in [3.05, 3.63) is 46.7 Å². The van der Waals surface area contributed by atoms with E-state index in [0.717, 1.165) is 0 Å². The Morgan fingerprint density at radius 2 is 2.14 bits per heavy atom. The zero-order valence-corrected chi connectivity index (χ0v) is 20.2. The average molecular weight is 501 g/mol. The molecule has 4 N–H and O–H groups in total. The van der Waals surface area contributed by atoms with E-state index in [2.05, 4.69) is 20.6 Å². The summed E-state index contributed by atoms with van der Waals surface area (Å²) in [5.41, 5.74) is 6.29. The molecule has 1 unspecified atom stereocenters. The molecule has 3 aromatic rings. The minimum atomic E-state index is -1.02. The number of anilines is 1. The molecule has 4 rings (SSSR count). The fourth-order valence-electron chi connectivity index (χ4n) is 3.97. The summed E-state index contributed by atoms with van der Waals surface area (Å²) in [5.74, 6) is -1.29. The summed E-state index contributed by atoms with van der Waals surface area (Å²) in [4.78, 5) is 47.8. The van der Waals surface area contributed by atoms with Crippen molar-refractivity contribution in [2.24, 2.45) is 5.73 Å². The third-order valence-electron chi connectivity index (χ3n) is 5.48. The van der Waals surface area contributed by atoms with Gasteiger partial charge in [-0.05, 0) is 38.1 Å². The van der Waals surface area contributed by atoms with Crippen molar-refractivity contribution in [1.82, 2.24) is 20.2 Å². The van der Waals surface area contributed by atoms with Crippen LogP contribution in [-0.4, -0.2) is 57.8 Å². The number of hydrogen-bond acceptors (Lipinski definition) is 8. The first-order valence-electron chi connectivity index (χ1n) is 10.8. The highest BCUT2D eigenvalue weighted by atomic mass is 35.5. The Morgan fingerprint density at radius 3 is 2.83 bits per heavy atom. The molecule has 3 amide bonds. The molecule has 11 nitrogen and oxygen atoms in total. The summed E-state index contributed by atoms with van der Waals surface area (Å²) in [6, 6.07) is 5.64. The number of methoxy groups -OCH3 is 1. The number of carbonyl (C=O) groups is 3. The van der Waals surface area contributed by atoms with Crippen molar-refractivity contribution in [2.75, 3.05) is 19.0 Å². The SMILES string of the molecule is COc1cc(C(=O)N2CC(C)(C)NC(=O)C2CC(N)=O)cc2nc(NCc3cc(Cl)ccn3)oc12. The molecule has 0 saturated carbocycles. The van der Waals surface area contributed by atoms with Gasteiger partial charge in [0.25, 0.3) is 11.9 Å². The number of ether oxygens (including phenoxy) is 1. The Hall–Kier alpha value is -3.86. The number of nitrogens with one attached hydrogen (secondary N) is 2. The molecule has 1 aromatic carbocycles. The lowest BCUT2D eigenvalue weighted by atomic mass is 9.95. The molecule has 35 heavy (non-hydrogen) atoms. The number of piperazine rings is 1. The Morgan fingerprint density at radius 1 is 1.37 bits per heavy atom. The number of pyridine rings is 1. The first-order valence-corrected chi connectivity index (χ1v) is 11.2. The molecule has 2 aromatic heterocycles. The first-order chi connectivity index (χ1) is 16.6.